The highest BCUT2D eigenvalue weighted by molar-refractivity contribution is 6.30. The minimum Gasteiger partial charge on any atom is -0.321 e. The van der Waals surface area contributed by atoms with E-state index in [4.69, 9.17) is 16.9 Å². The van der Waals surface area contributed by atoms with Crippen molar-refractivity contribution in [3.63, 3.8) is 0 Å². The van der Waals surface area contributed by atoms with Crippen molar-refractivity contribution in [2.45, 2.75) is 12.5 Å². The molecule has 80 valence electrons. The molecule has 0 aliphatic heterocycles. The summed E-state index contributed by atoms with van der Waals surface area (Å²) in [6.07, 6.45) is 5.78. The lowest BCUT2D eigenvalue weighted by molar-refractivity contribution is 0.612. The van der Waals surface area contributed by atoms with Crippen molar-refractivity contribution in [3.8, 4) is 6.07 Å². The van der Waals surface area contributed by atoms with Crippen molar-refractivity contribution < 1.29 is 0 Å². The van der Waals surface area contributed by atoms with Gasteiger partial charge in [-0.15, -0.1) is 0 Å². The molecule has 0 saturated heterocycles. The summed E-state index contributed by atoms with van der Waals surface area (Å²) >= 11 is 5.80. The lowest BCUT2D eigenvalue weighted by Crippen LogP contribution is -2.07. The Bertz CT molecular complexity index is 482. The van der Waals surface area contributed by atoms with Crippen molar-refractivity contribution in [3.05, 3.63) is 53.6 Å². The maximum Gasteiger partial charge on any atom is 0.125 e. The van der Waals surface area contributed by atoms with Crippen LogP contribution in [0.2, 0.25) is 5.02 Å². The van der Waals surface area contributed by atoms with E-state index in [1.807, 2.05) is 24.3 Å². The Morgan fingerprint density at radius 3 is 2.69 bits per heavy atom. The van der Waals surface area contributed by atoms with E-state index in [0.717, 1.165) is 5.56 Å². The normalized spacial score (nSPS) is 12.0. The molecule has 0 saturated carbocycles. The second kappa shape index (κ2) is 4.82. The van der Waals surface area contributed by atoms with Crippen molar-refractivity contribution in [2.24, 2.45) is 0 Å². The summed E-state index contributed by atoms with van der Waals surface area (Å²) in [6.45, 7) is 0. The Labute approximate surface area is 98.9 Å². The standard InChI is InChI=1S/C12H10ClN3/c13-11-3-1-10(2-4-11)7-12(8-14)16-6-5-15-9-16/h1-6,9,12H,7H2. The number of rotatable bonds is 3. The van der Waals surface area contributed by atoms with E-state index in [2.05, 4.69) is 11.1 Å². The summed E-state index contributed by atoms with van der Waals surface area (Å²) < 4.78 is 1.80. The maximum atomic E-state index is 9.09. The predicted octanol–water partition coefficient (Wildman–Crippen LogP) is 2.84. The number of nitrogens with zero attached hydrogens (tertiary/aromatic N) is 3. The van der Waals surface area contributed by atoms with Gasteiger partial charge in [-0.3, -0.25) is 0 Å². The molecule has 3 nitrogen and oxygen atoms in total. The summed E-state index contributed by atoms with van der Waals surface area (Å²) in [4.78, 5) is 3.94. The molecule has 1 atom stereocenters. The van der Waals surface area contributed by atoms with Crippen LogP contribution in [-0.2, 0) is 6.42 Å². The molecule has 1 aromatic heterocycles. The summed E-state index contributed by atoms with van der Waals surface area (Å²) in [7, 11) is 0. The number of nitriles is 1. The van der Waals surface area contributed by atoms with E-state index in [0.29, 0.717) is 11.4 Å². The molecule has 16 heavy (non-hydrogen) atoms. The first-order chi connectivity index (χ1) is 7.79. The molecule has 4 heteroatoms. The van der Waals surface area contributed by atoms with E-state index >= 15 is 0 Å². The van der Waals surface area contributed by atoms with Crippen LogP contribution in [0.4, 0.5) is 0 Å². The quantitative estimate of drug-likeness (QED) is 0.815. The Hall–Kier alpha value is -1.79. The number of hydrogen-bond donors (Lipinski definition) is 0. The maximum absolute atomic E-state index is 9.09. The molecule has 0 aliphatic carbocycles. The molecule has 0 amide bonds. The van der Waals surface area contributed by atoms with Crippen molar-refractivity contribution in [1.82, 2.24) is 9.55 Å². The van der Waals surface area contributed by atoms with Gasteiger partial charge >= 0.3 is 0 Å². The van der Waals surface area contributed by atoms with Gasteiger partial charge in [0.1, 0.15) is 6.04 Å². The van der Waals surface area contributed by atoms with E-state index in [-0.39, 0.29) is 6.04 Å². The molecular formula is C12H10ClN3. The molecule has 0 bridgehead atoms. The fourth-order valence-corrected chi connectivity index (χ4v) is 1.64. The monoisotopic (exact) mass is 231 g/mol. The largest absolute Gasteiger partial charge is 0.321 e. The summed E-state index contributed by atoms with van der Waals surface area (Å²) in [6, 6.07) is 9.57. The van der Waals surface area contributed by atoms with E-state index in [1.54, 1.807) is 23.3 Å². The lowest BCUT2D eigenvalue weighted by atomic mass is 10.1. The van der Waals surface area contributed by atoms with Gasteiger partial charge in [-0.2, -0.15) is 5.26 Å². The van der Waals surface area contributed by atoms with E-state index in [9.17, 15) is 0 Å². The first-order valence-electron chi connectivity index (χ1n) is 4.91. The topological polar surface area (TPSA) is 41.6 Å². The molecule has 1 aromatic carbocycles. The van der Waals surface area contributed by atoms with Crippen LogP contribution in [-0.4, -0.2) is 9.55 Å². The Morgan fingerprint density at radius 1 is 1.38 bits per heavy atom. The summed E-state index contributed by atoms with van der Waals surface area (Å²) in [5.74, 6) is 0. The second-order valence-corrected chi connectivity index (χ2v) is 3.92. The third kappa shape index (κ3) is 2.41. The zero-order valence-corrected chi connectivity index (χ0v) is 9.30. The van der Waals surface area contributed by atoms with Gasteiger partial charge in [0.2, 0.25) is 0 Å². The van der Waals surface area contributed by atoms with Gasteiger partial charge in [0.05, 0.1) is 12.4 Å². The Morgan fingerprint density at radius 2 is 2.12 bits per heavy atom. The summed E-state index contributed by atoms with van der Waals surface area (Å²) in [5, 5.41) is 9.80. The van der Waals surface area contributed by atoms with E-state index < -0.39 is 0 Å². The number of imidazole rings is 1. The van der Waals surface area contributed by atoms with Gasteiger partial charge in [-0.25, -0.2) is 4.98 Å². The minimum atomic E-state index is -0.219. The van der Waals surface area contributed by atoms with Crippen LogP contribution in [0.5, 0.6) is 0 Å². The molecule has 0 fully saturated rings. The van der Waals surface area contributed by atoms with Gasteiger partial charge in [-0.05, 0) is 17.7 Å². The zero-order valence-electron chi connectivity index (χ0n) is 8.55. The molecule has 0 spiro atoms. The molecule has 2 aromatic rings. The average molecular weight is 232 g/mol. The van der Waals surface area contributed by atoms with Gasteiger partial charge in [0, 0.05) is 23.8 Å². The Kier molecular flexibility index (Phi) is 3.23. The first-order valence-corrected chi connectivity index (χ1v) is 5.29. The molecular weight excluding hydrogens is 222 g/mol. The van der Waals surface area contributed by atoms with Crippen LogP contribution >= 0.6 is 11.6 Å². The number of halogens is 1. The molecule has 2 rings (SSSR count). The van der Waals surface area contributed by atoms with Crippen molar-refractivity contribution in [2.75, 3.05) is 0 Å². The number of aromatic nitrogens is 2. The molecule has 0 N–H and O–H groups in total. The van der Waals surface area contributed by atoms with Crippen molar-refractivity contribution >= 4 is 11.6 Å². The van der Waals surface area contributed by atoms with Crippen LogP contribution in [0.3, 0.4) is 0 Å². The number of benzene rings is 1. The fourth-order valence-electron chi connectivity index (χ4n) is 1.52. The van der Waals surface area contributed by atoms with Gasteiger partial charge in [-0.1, -0.05) is 23.7 Å². The van der Waals surface area contributed by atoms with Crippen LogP contribution in [0.1, 0.15) is 11.6 Å². The van der Waals surface area contributed by atoms with Crippen LogP contribution in [0, 0.1) is 11.3 Å². The smallest absolute Gasteiger partial charge is 0.125 e. The Balaban J connectivity index is 2.14. The number of hydrogen-bond acceptors (Lipinski definition) is 2. The molecule has 0 radical (unpaired) electrons. The van der Waals surface area contributed by atoms with Crippen LogP contribution < -0.4 is 0 Å². The third-order valence-corrected chi connectivity index (χ3v) is 2.63. The first kappa shape index (κ1) is 10.7. The zero-order chi connectivity index (χ0) is 11.4. The van der Waals surface area contributed by atoms with Crippen LogP contribution in [0.15, 0.2) is 43.0 Å². The highest BCUT2D eigenvalue weighted by atomic mass is 35.5. The molecule has 0 aliphatic rings. The SMILES string of the molecule is N#CC(Cc1ccc(Cl)cc1)n1ccnc1. The average Bonchev–Trinajstić information content (AvgIpc) is 2.82. The van der Waals surface area contributed by atoms with Gasteiger partial charge < -0.3 is 4.57 Å². The fraction of sp³-hybridized carbons (Fsp3) is 0.167. The van der Waals surface area contributed by atoms with Crippen LogP contribution in [0.25, 0.3) is 0 Å². The second-order valence-electron chi connectivity index (χ2n) is 3.49. The minimum absolute atomic E-state index is 0.219. The molecule has 1 heterocycles. The van der Waals surface area contributed by atoms with Crippen molar-refractivity contribution in [1.29, 1.82) is 5.26 Å². The van der Waals surface area contributed by atoms with E-state index in [1.165, 1.54) is 0 Å². The lowest BCUT2D eigenvalue weighted by Gasteiger charge is -2.10. The molecule has 1 unspecified atom stereocenters. The van der Waals surface area contributed by atoms with Gasteiger partial charge in [0.15, 0.2) is 0 Å². The van der Waals surface area contributed by atoms with Gasteiger partial charge in [0.25, 0.3) is 0 Å². The highest BCUT2D eigenvalue weighted by Crippen LogP contribution is 2.16. The third-order valence-electron chi connectivity index (χ3n) is 2.38. The predicted molar refractivity (Wildman–Crippen MR) is 62.0 cm³/mol. The highest BCUT2D eigenvalue weighted by Gasteiger charge is 2.09. The summed E-state index contributed by atoms with van der Waals surface area (Å²) in [5.41, 5.74) is 1.09.